The zero-order chi connectivity index (χ0) is 18.3. The predicted molar refractivity (Wildman–Crippen MR) is 104 cm³/mol. The number of Topliss-reactive ketones (excluding diaryl/α,β-unsaturated/α-hetero) is 1. The van der Waals surface area contributed by atoms with Crippen molar-refractivity contribution in [3.63, 3.8) is 0 Å². The SMILES string of the molecule is Cc1nn(C)c2nc3ccccc3c(Nc3ccc(C(=O)CN)cc3)c12. The van der Waals surface area contributed by atoms with E-state index in [4.69, 9.17) is 10.7 Å². The Hall–Kier alpha value is -3.25. The molecular weight excluding hydrogens is 326 g/mol. The van der Waals surface area contributed by atoms with Crippen LogP contribution in [0.5, 0.6) is 0 Å². The highest BCUT2D eigenvalue weighted by molar-refractivity contribution is 6.09. The second kappa shape index (κ2) is 6.24. The second-order valence-electron chi connectivity index (χ2n) is 6.24. The maximum absolute atomic E-state index is 11.7. The number of anilines is 2. The van der Waals surface area contributed by atoms with Crippen molar-refractivity contribution in [2.24, 2.45) is 12.8 Å². The summed E-state index contributed by atoms with van der Waals surface area (Å²) in [4.78, 5) is 16.5. The van der Waals surface area contributed by atoms with E-state index in [0.717, 1.165) is 39.0 Å². The molecule has 0 radical (unpaired) electrons. The van der Waals surface area contributed by atoms with Crippen molar-refractivity contribution in [3.05, 3.63) is 59.8 Å². The van der Waals surface area contributed by atoms with E-state index < -0.39 is 0 Å². The monoisotopic (exact) mass is 345 g/mol. The number of nitrogens with one attached hydrogen (secondary N) is 1. The Bertz CT molecular complexity index is 1130. The lowest BCUT2D eigenvalue weighted by atomic mass is 10.1. The maximum Gasteiger partial charge on any atom is 0.176 e. The average Bonchev–Trinajstić information content (AvgIpc) is 2.95. The minimum Gasteiger partial charge on any atom is -0.354 e. The summed E-state index contributed by atoms with van der Waals surface area (Å²) in [5.41, 5.74) is 10.5. The van der Waals surface area contributed by atoms with Gasteiger partial charge in [-0.3, -0.25) is 9.48 Å². The number of fused-ring (bicyclic) bond motifs is 2. The van der Waals surface area contributed by atoms with Crippen LogP contribution in [0.2, 0.25) is 0 Å². The van der Waals surface area contributed by atoms with E-state index in [-0.39, 0.29) is 12.3 Å². The summed E-state index contributed by atoms with van der Waals surface area (Å²) < 4.78 is 1.80. The molecule has 2 aromatic heterocycles. The van der Waals surface area contributed by atoms with Crippen molar-refractivity contribution in [1.82, 2.24) is 14.8 Å². The molecule has 0 saturated heterocycles. The highest BCUT2D eigenvalue weighted by atomic mass is 16.1. The molecule has 0 aliphatic rings. The number of para-hydroxylation sites is 1. The molecule has 4 aromatic rings. The Morgan fingerprint density at radius 2 is 1.88 bits per heavy atom. The molecule has 26 heavy (non-hydrogen) atoms. The van der Waals surface area contributed by atoms with Crippen LogP contribution in [0.1, 0.15) is 16.1 Å². The van der Waals surface area contributed by atoms with Gasteiger partial charge in [-0.15, -0.1) is 0 Å². The number of carbonyl (C=O) groups is 1. The standard InChI is InChI=1S/C20H19N5O/c1-12-18-19(22-14-9-7-13(8-10-14)17(26)11-21)15-5-3-4-6-16(15)23-20(18)25(2)24-12/h3-10H,11,21H2,1-2H3,(H,22,23). The first-order chi connectivity index (χ1) is 12.6. The topological polar surface area (TPSA) is 85.8 Å². The smallest absolute Gasteiger partial charge is 0.176 e. The van der Waals surface area contributed by atoms with Crippen LogP contribution in [0.25, 0.3) is 21.9 Å². The van der Waals surface area contributed by atoms with Crippen LogP contribution in [0.4, 0.5) is 11.4 Å². The largest absolute Gasteiger partial charge is 0.354 e. The molecular formula is C20H19N5O. The van der Waals surface area contributed by atoms with Gasteiger partial charge >= 0.3 is 0 Å². The summed E-state index contributed by atoms with van der Waals surface area (Å²) in [7, 11) is 1.90. The fourth-order valence-corrected chi connectivity index (χ4v) is 3.23. The Morgan fingerprint density at radius 1 is 1.15 bits per heavy atom. The fourth-order valence-electron chi connectivity index (χ4n) is 3.23. The van der Waals surface area contributed by atoms with Gasteiger partial charge in [-0.1, -0.05) is 18.2 Å². The highest BCUT2D eigenvalue weighted by Gasteiger charge is 2.15. The molecule has 0 unspecified atom stereocenters. The fraction of sp³-hybridized carbons (Fsp3) is 0.150. The summed E-state index contributed by atoms with van der Waals surface area (Å²) in [6, 6.07) is 15.3. The molecule has 4 rings (SSSR count). The zero-order valence-corrected chi connectivity index (χ0v) is 14.7. The van der Waals surface area contributed by atoms with Crippen LogP contribution in [-0.2, 0) is 7.05 Å². The molecule has 0 atom stereocenters. The average molecular weight is 345 g/mol. The van der Waals surface area contributed by atoms with Crippen LogP contribution in [0.15, 0.2) is 48.5 Å². The molecule has 130 valence electrons. The predicted octanol–water partition coefficient (Wildman–Crippen LogP) is 3.31. The zero-order valence-electron chi connectivity index (χ0n) is 14.7. The molecule has 2 aromatic carbocycles. The van der Waals surface area contributed by atoms with Crippen molar-refractivity contribution < 1.29 is 4.79 Å². The second-order valence-corrected chi connectivity index (χ2v) is 6.24. The lowest BCUT2D eigenvalue weighted by Gasteiger charge is -2.12. The Labute approximate surface area is 150 Å². The van der Waals surface area contributed by atoms with E-state index in [9.17, 15) is 4.79 Å². The first kappa shape index (κ1) is 16.2. The van der Waals surface area contributed by atoms with Crippen LogP contribution >= 0.6 is 0 Å². The lowest BCUT2D eigenvalue weighted by Crippen LogP contribution is -2.13. The van der Waals surface area contributed by atoms with E-state index >= 15 is 0 Å². The van der Waals surface area contributed by atoms with Crippen molar-refractivity contribution in [2.45, 2.75) is 6.92 Å². The van der Waals surface area contributed by atoms with Gasteiger partial charge in [0.05, 0.1) is 28.8 Å². The molecule has 0 aliphatic heterocycles. The molecule has 6 heteroatoms. The number of nitrogens with two attached hydrogens (primary N) is 1. The third kappa shape index (κ3) is 2.60. The van der Waals surface area contributed by atoms with Gasteiger partial charge in [-0.25, -0.2) is 4.98 Å². The number of ketones is 1. The van der Waals surface area contributed by atoms with Gasteiger partial charge in [0, 0.05) is 23.7 Å². The number of aryl methyl sites for hydroxylation is 2. The first-order valence-electron chi connectivity index (χ1n) is 8.41. The number of hydrogen-bond acceptors (Lipinski definition) is 5. The summed E-state index contributed by atoms with van der Waals surface area (Å²) in [6.45, 7) is 1.99. The van der Waals surface area contributed by atoms with Gasteiger partial charge < -0.3 is 11.1 Å². The normalized spacial score (nSPS) is 11.2. The van der Waals surface area contributed by atoms with E-state index in [1.165, 1.54) is 0 Å². The van der Waals surface area contributed by atoms with Crippen molar-refractivity contribution in [1.29, 1.82) is 0 Å². The van der Waals surface area contributed by atoms with Crippen LogP contribution in [0.3, 0.4) is 0 Å². The molecule has 6 nitrogen and oxygen atoms in total. The number of carbonyl (C=O) groups excluding carboxylic acids is 1. The number of rotatable bonds is 4. The molecule has 0 amide bonds. The highest BCUT2D eigenvalue weighted by Crippen LogP contribution is 2.34. The van der Waals surface area contributed by atoms with Crippen LogP contribution < -0.4 is 11.1 Å². The number of benzene rings is 2. The number of hydrogen-bond donors (Lipinski definition) is 2. The molecule has 0 fully saturated rings. The van der Waals surface area contributed by atoms with Gasteiger partial charge in [0.1, 0.15) is 0 Å². The molecule has 0 saturated carbocycles. The van der Waals surface area contributed by atoms with Crippen LogP contribution in [0, 0.1) is 6.92 Å². The molecule has 0 bridgehead atoms. The Kier molecular flexibility index (Phi) is 3.89. The Morgan fingerprint density at radius 3 is 2.62 bits per heavy atom. The summed E-state index contributed by atoms with van der Waals surface area (Å²) >= 11 is 0. The van der Waals surface area contributed by atoms with Crippen molar-refractivity contribution in [2.75, 3.05) is 11.9 Å². The first-order valence-corrected chi connectivity index (χ1v) is 8.41. The number of nitrogens with zero attached hydrogens (tertiary/aromatic N) is 3. The van der Waals surface area contributed by atoms with Crippen LogP contribution in [-0.4, -0.2) is 27.1 Å². The summed E-state index contributed by atoms with van der Waals surface area (Å²) in [5, 5.41) is 10.0. The van der Waals surface area contributed by atoms with Gasteiger partial charge in [-0.2, -0.15) is 5.10 Å². The third-order valence-corrected chi connectivity index (χ3v) is 4.50. The van der Waals surface area contributed by atoms with Crippen molar-refractivity contribution in [3.8, 4) is 0 Å². The Balaban J connectivity index is 1.87. The van der Waals surface area contributed by atoms with E-state index in [1.54, 1.807) is 16.8 Å². The van der Waals surface area contributed by atoms with E-state index in [0.29, 0.717) is 5.56 Å². The van der Waals surface area contributed by atoms with E-state index in [2.05, 4.69) is 10.4 Å². The summed E-state index contributed by atoms with van der Waals surface area (Å²) in [5.74, 6) is -0.0728. The van der Waals surface area contributed by atoms with Crippen molar-refractivity contribution >= 4 is 39.1 Å². The molecule has 2 heterocycles. The van der Waals surface area contributed by atoms with Gasteiger partial charge in [-0.05, 0) is 37.3 Å². The van der Waals surface area contributed by atoms with Gasteiger partial charge in [0.2, 0.25) is 0 Å². The quantitative estimate of drug-likeness (QED) is 0.554. The van der Waals surface area contributed by atoms with Gasteiger partial charge in [0.15, 0.2) is 11.4 Å². The maximum atomic E-state index is 11.7. The number of aromatic nitrogens is 3. The lowest BCUT2D eigenvalue weighted by molar-refractivity contribution is 0.100. The number of pyridine rings is 1. The molecule has 0 spiro atoms. The molecule has 3 N–H and O–H groups in total. The van der Waals surface area contributed by atoms with E-state index in [1.807, 2.05) is 50.4 Å². The minimum absolute atomic E-state index is 0.0112. The van der Waals surface area contributed by atoms with Gasteiger partial charge in [0.25, 0.3) is 0 Å². The summed E-state index contributed by atoms with van der Waals surface area (Å²) in [6.07, 6.45) is 0. The third-order valence-electron chi connectivity index (χ3n) is 4.50. The minimum atomic E-state index is -0.0728. The molecule has 0 aliphatic carbocycles.